The standard InChI is InChI=1S/C27H37NO9/c1-25(2)30-14-18(32-25)21-19(33-26(3,4)34-21)16-12-17(37-28-16)20-22(29-13-15-10-8-7-9-11-15)23-24(31-20)36-27(5,6)35-23/h7-11,17-24H,12-14H2,1-6H3/t17-,18+,19+,20-,21+,22+,23-,24-/m1/s1. The van der Waals surface area contributed by atoms with Crippen LogP contribution in [0.5, 0.6) is 0 Å². The Labute approximate surface area is 217 Å². The number of oxime groups is 1. The summed E-state index contributed by atoms with van der Waals surface area (Å²) in [6.07, 6.45) is -2.73. The van der Waals surface area contributed by atoms with Gasteiger partial charge in [-0.25, -0.2) is 0 Å². The Kier molecular flexibility index (Phi) is 6.40. The van der Waals surface area contributed by atoms with E-state index >= 15 is 0 Å². The molecule has 0 unspecified atom stereocenters. The van der Waals surface area contributed by atoms with Gasteiger partial charge in [-0.05, 0) is 47.1 Å². The van der Waals surface area contributed by atoms with Gasteiger partial charge in [0.25, 0.3) is 0 Å². The Morgan fingerprint density at radius 2 is 1.54 bits per heavy atom. The lowest BCUT2D eigenvalue weighted by atomic mass is 9.96. The zero-order valence-electron chi connectivity index (χ0n) is 22.2. The SMILES string of the molecule is CC1(C)O[C@H]2O[C@H]([C@H]3CC([C@@H]4OC(C)(C)O[C@H]4[C@@H]4COC(C)(C)O4)=NO3)[C@H](OCc3ccccc3)[C@H]2O1. The van der Waals surface area contributed by atoms with Crippen LogP contribution in [0.25, 0.3) is 0 Å². The van der Waals surface area contributed by atoms with Gasteiger partial charge in [0, 0.05) is 6.42 Å². The Hall–Kier alpha value is -1.63. The lowest BCUT2D eigenvalue weighted by Crippen LogP contribution is -2.44. The molecule has 0 amide bonds. The summed E-state index contributed by atoms with van der Waals surface area (Å²) in [6, 6.07) is 10.0. The van der Waals surface area contributed by atoms with Crippen molar-refractivity contribution < 1.29 is 42.7 Å². The van der Waals surface area contributed by atoms with E-state index in [0.29, 0.717) is 19.6 Å². The number of fused-ring (bicyclic) bond motifs is 1. The Bertz CT molecular complexity index is 1010. The van der Waals surface area contributed by atoms with E-state index in [9.17, 15) is 0 Å². The molecule has 5 aliphatic heterocycles. The Morgan fingerprint density at radius 3 is 2.27 bits per heavy atom. The van der Waals surface area contributed by atoms with Crippen molar-refractivity contribution in [1.82, 2.24) is 0 Å². The minimum absolute atomic E-state index is 0.281. The second kappa shape index (κ2) is 9.24. The van der Waals surface area contributed by atoms with E-state index in [1.165, 1.54) is 0 Å². The molecule has 0 aliphatic carbocycles. The number of hydrogen-bond donors (Lipinski definition) is 0. The van der Waals surface area contributed by atoms with Crippen LogP contribution < -0.4 is 0 Å². The van der Waals surface area contributed by atoms with Gasteiger partial charge in [0.15, 0.2) is 29.8 Å². The minimum atomic E-state index is -0.790. The molecule has 6 rings (SSSR count). The van der Waals surface area contributed by atoms with Crippen LogP contribution in [0, 0.1) is 0 Å². The van der Waals surface area contributed by atoms with Gasteiger partial charge >= 0.3 is 0 Å². The van der Waals surface area contributed by atoms with Gasteiger partial charge in [0.2, 0.25) is 0 Å². The maximum atomic E-state index is 6.39. The molecule has 10 nitrogen and oxygen atoms in total. The van der Waals surface area contributed by atoms with E-state index < -0.39 is 42.0 Å². The average Bonchev–Trinajstić information content (AvgIpc) is 3.61. The second-order valence-electron chi connectivity index (χ2n) is 11.6. The molecule has 5 aliphatic rings. The van der Waals surface area contributed by atoms with Gasteiger partial charge in [-0.3, -0.25) is 0 Å². The maximum Gasteiger partial charge on any atom is 0.190 e. The summed E-state index contributed by atoms with van der Waals surface area (Å²) in [7, 11) is 0. The summed E-state index contributed by atoms with van der Waals surface area (Å²) in [6.45, 7) is 12.2. The van der Waals surface area contributed by atoms with Crippen LogP contribution in [0.15, 0.2) is 35.5 Å². The van der Waals surface area contributed by atoms with Crippen molar-refractivity contribution in [2.75, 3.05) is 6.61 Å². The molecular formula is C27H37NO9. The molecule has 8 atom stereocenters. The number of nitrogens with zero attached hydrogens (tertiary/aromatic N) is 1. The minimum Gasteiger partial charge on any atom is -0.389 e. The third-order valence-electron chi connectivity index (χ3n) is 7.25. The predicted octanol–water partition coefficient (Wildman–Crippen LogP) is 3.26. The number of rotatable bonds is 6. The van der Waals surface area contributed by atoms with Crippen LogP contribution in [-0.4, -0.2) is 78.7 Å². The van der Waals surface area contributed by atoms with Gasteiger partial charge in [-0.2, -0.15) is 0 Å². The molecule has 204 valence electrons. The van der Waals surface area contributed by atoms with Gasteiger partial charge in [-0.1, -0.05) is 35.5 Å². The lowest BCUT2D eigenvalue weighted by Gasteiger charge is -2.28. The molecule has 37 heavy (non-hydrogen) atoms. The van der Waals surface area contributed by atoms with Crippen LogP contribution in [0.1, 0.15) is 53.5 Å². The summed E-state index contributed by atoms with van der Waals surface area (Å²) >= 11 is 0. The molecule has 4 fully saturated rings. The molecule has 0 saturated carbocycles. The molecule has 1 aromatic carbocycles. The Morgan fingerprint density at radius 1 is 0.811 bits per heavy atom. The Balaban J connectivity index is 1.16. The third kappa shape index (κ3) is 5.18. The number of ether oxygens (including phenoxy) is 8. The van der Waals surface area contributed by atoms with Crippen LogP contribution in [0.3, 0.4) is 0 Å². The fourth-order valence-corrected chi connectivity index (χ4v) is 5.72. The highest BCUT2D eigenvalue weighted by atomic mass is 16.8. The van der Waals surface area contributed by atoms with E-state index in [0.717, 1.165) is 11.3 Å². The summed E-state index contributed by atoms with van der Waals surface area (Å²) in [5, 5.41) is 4.44. The molecule has 1 aromatic rings. The molecule has 0 N–H and O–H groups in total. The summed E-state index contributed by atoms with van der Waals surface area (Å²) in [5.74, 6) is -2.21. The van der Waals surface area contributed by atoms with E-state index in [-0.39, 0.29) is 24.4 Å². The molecule has 4 saturated heterocycles. The first kappa shape index (κ1) is 25.6. The first-order chi connectivity index (χ1) is 17.5. The molecule has 0 radical (unpaired) electrons. The van der Waals surface area contributed by atoms with Gasteiger partial charge in [0.1, 0.15) is 36.6 Å². The van der Waals surface area contributed by atoms with Crippen molar-refractivity contribution in [1.29, 1.82) is 0 Å². The monoisotopic (exact) mass is 519 g/mol. The molecule has 0 aromatic heterocycles. The topological polar surface area (TPSA) is 95.4 Å². The number of hydrogen-bond acceptors (Lipinski definition) is 10. The van der Waals surface area contributed by atoms with Crippen molar-refractivity contribution in [3.63, 3.8) is 0 Å². The largest absolute Gasteiger partial charge is 0.389 e. The van der Waals surface area contributed by atoms with Crippen molar-refractivity contribution >= 4 is 5.71 Å². The molecule has 0 bridgehead atoms. The van der Waals surface area contributed by atoms with Crippen LogP contribution in [0.2, 0.25) is 0 Å². The van der Waals surface area contributed by atoms with Crippen molar-refractivity contribution in [3.8, 4) is 0 Å². The molecule has 5 heterocycles. The van der Waals surface area contributed by atoms with Crippen molar-refractivity contribution in [2.45, 2.75) is 121 Å². The zero-order valence-corrected chi connectivity index (χ0v) is 22.2. The van der Waals surface area contributed by atoms with Crippen molar-refractivity contribution in [2.24, 2.45) is 5.16 Å². The average molecular weight is 520 g/mol. The smallest absolute Gasteiger partial charge is 0.190 e. The van der Waals surface area contributed by atoms with E-state index in [1.54, 1.807) is 0 Å². The third-order valence-corrected chi connectivity index (χ3v) is 7.25. The normalized spacial score (nSPS) is 41.5. The second-order valence-corrected chi connectivity index (χ2v) is 11.6. The number of benzene rings is 1. The fraction of sp³-hybridized carbons (Fsp3) is 0.741. The molecule has 0 spiro atoms. The van der Waals surface area contributed by atoms with E-state index in [2.05, 4.69) is 5.16 Å². The highest BCUT2D eigenvalue weighted by Gasteiger charge is 2.59. The summed E-state index contributed by atoms with van der Waals surface area (Å²) in [4.78, 5) is 5.95. The van der Waals surface area contributed by atoms with Gasteiger partial charge in [0.05, 0.1) is 18.9 Å². The van der Waals surface area contributed by atoms with Crippen molar-refractivity contribution in [3.05, 3.63) is 35.9 Å². The highest BCUT2D eigenvalue weighted by molar-refractivity contribution is 5.90. The quantitative estimate of drug-likeness (QED) is 0.561. The predicted molar refractivity (Wildman–Crippen MR) is 129 cm³/mol. The van der Waals surface area contributed by atoms with E-state index in [4.69, 9.17) is 42.7 Å². The highest BCUT2D eigenvalue weighted by Crippen LogP contribution is 2.43. The van der Waals surface area contributed by atoms with Gasteiger partial charge in [-0.15, -0.1) is 0 Å². The van der Waals surface area contributed by atoms with Crippen LogP contribution >= 0.6 is 0 Å². The first-order valence-corrected chi connectivity index (χ1v) is 13.1. The summed E-state index contributed by atoms with van der Waals surface area (Å²) in [5.41, 5.74) is 1.81. The maximum absolute atomic E-state index is 6.39. The summed E-state index contributed by atoms with van der Waals surface area (Å²) < 4.78 is 49.3. The first-order valence-electron chi connectivity index (χ1n) is 13.1. The molecule has 10 heteroatoms. The molecular weight excluding hydrogens is 482 g/mol. The van der Waals surface area contributed by atoms with Gasteiger partial charge < -0.3 is 42.7 Å². The van der Waals surface area contributed by atoms with Crippen LogP contribution in [-0.2, 0) is 49.3 Å². The lowest BCUT2D eigenvalue weighted by molar-refractivity contribution is -0.232. The van der Waals surface area contributed by atoms with E-state index in [1.807, 2.05) is 71.9 Å². The van der Waals surface area contributed by atoms with Crippen LogP contribution in [0.4, 0.5) is 0 Å². The fourth-order valence-electron chi connectivity index (χ4n) is 5.72. The zero-order chi connectivity index (χ0) is 26.0.